The second kappa shape index (κ2) is 12.4. The van der Waals surface area contributed by atoms with Crippen molar-refractivity contribution in [1.29, 1.82) is 0 Å². The van der Waals surface area contributed by atoms with E-state index in [2.05, 4.69) is 0 Å². The van der Waals surface area contributed by atoms with Gasteiger partial charge in [-0.3, -0.25) is 4.79 Å². The van der Waals surface area contributed by atoms with Crippen LogP contribution in [0, 0.1) is 0 Å². The molecule has 38 heavy (non-hydrogen) atoms. The first-order valence-electron chi connectivity index (χ1n) is 11.9. The highest BCUT2D eigenvalue weighted by Crippen LogP contribution is 2.24. The number of ether oxygens (including phenoxy) is 3. The molecule has 0 bridgehead atoms. The van der Waals surface area contributed by atoms with Crippen molar-refractivity contribution < 1.29 is 28.6 Å². The monoisotopic (exact) mass is 509 g/mol. The largest absolute Gasteiger partial charge is 0.465 e. The minimum Gasteiger partial charge on any atom is -0.465 e. The normalized spacial score (nSPS) is 10.4. The Labute approximate surface area is 221 Å². The fourth-order valence-electron chi connectivity index (χ4n) is 3.94. The standard InChI is InChI=1S/C31H27NO6/c1-36-30(34)24-15-18-27(28(19-24)31(35)37-2)29(33)32(20-22-9-5-3-6-10-22)21-23-13-16-26(17-14-23)38-25-11-7-4-8-12-25/h3-19H,20-21H2,1-2H3. The SMILES string of the molecule is COC(=O)c1ccc(C(=O)N(Cc2ccccc2)Cc2ccc(Oc3ccccc3)cc2)c(C(=O)OC)c1. The van der Waals surface area contributed by atoms with Crippen molar-refractivity contribution in [3.8, 4) is 11.5 Å². The maximum Gasteiger partial charge on any atom is 0.338 e. The Kier molecular flexibility index (Phi) is 8.51. The molecule has 0 aliphatic carbocycles. The minimum atomic E-state index is -0.721. The summed E-state index contributed by atoms with van der Waals surface area (Å²) in [6.07, 6.45) is 0. The lowest BCUT2D eigenvalue weighted by Gasteiger charge is -2.24. The summed E-state index contributed by atoms with van der Waals surface area (Å²) in [6.45, 7) is 0.583. The van der Waals surface area contributed by atoms with Crippen LogP contribution < -0.4 is 4.74 Å². The zero-order chi connectivity index (χ0) is 26.9. The second-order valence-corrected chi connectivity index (χ2v) is 8.45. The lowest BCUT2D eigenvalue weighted by molar-refractivity contribution is 0.0586. The number of methoxy groups -OCH3 is 2. The molecule has 0 aliphatic rings. The van der Waals surface area contributed by atoms with Crippen molar-refractivity contribution in [3.63, 3.8) is 0 Å². The molecule has 1 amide bonds. The predicted octanol–water partition coefficient (Wildman–Crippen LogP) is 5.89. The summed E-state index contributed by atoms with van der Waals surface area (Å²) in [5.74, 6) is -0.316. The van der Waals surface area contributed by atoms with Crippen LogP contribution in [0.4, 0.5) is 0 Å². The molecular weight excluding hydrogens is 482 g/mol. The van der Waals surface area contributed by atoms with Crippen molar-refractivity contribution in [2.75, 3.05) is 14.2 Å². The molecule has 192 valence electrons. The highest BCUT2D eigenvalue weighted by Gasteiger charge is 2.25. The van der Waals surface area contributed by atoms with Crippen molar-refractivity contribution in [1.82, 2.24) is 4.90 Å². The Morgan fingerprint density at radius 3 is 1.76 bits per heavy atom. The maximum atomic E-state index is 13.8. The van der Waals surface area contributed by atoms with Crippen LogP contribution in [0.5, 0.6) is 11.5 Å². The molecule has 7 heteroatoms. The Bertz CT molecular complexity index is 1400. The van der Waals surface area contributed by atoms with E-state index in [1.807, 2.05) is 84.9 Å². The number of carbonyl (C=O) groups excluding carboxylic acids is 3. The van der Waals surface area contributed by atoms with Crippen molar-refractivity contribution in [2.24, 2.45) is 0 Å². The van der Waals surface area contributed by atoms with E-state index >= 15 is 0 Å². The summed E-state index contributed by atoms with van der Waals surface area (Å²) in [5.41, 5.74) is 2.07. The van der Waals surface area contributed by atoms with Crippen LogP contribution in [0.1, 0.15) is 42.2 Å². The van der Waals surface area contributed by atoms with E-state index < -0.39 is 11.9 Å². The van der Waals surface area contributed by atoms with Crippen LogP contribution in [0.2, 0.25) is 0 Å². The van der Waals surface area contributed by atoms with Crippen molar-refractivity contribution >= 4 is 17.8 Å². The Morgan fingerprint density at radius 2 is 1.16 bits per heavy atom. The molecule has 0 atom stereocenters. The molecular formula is C31H27NO6. The molecule has 7 nitrogen and oxygen atoms in total. The van der Waals surface area contributed by atoms with Crippen LogP contribution in [0.15, 0.2) is 103 Å². The molecule has 0 unspecified atom stereocenters. The third-order valence-corrected chi connectivity index (χ3v) is 5.86. The Balaban J connectivity index is 1.63. The second-order valence-electron chi connectivity index (χ2n) is 8.45. The molecule has 0 aliphatic heterocycles. The van der Waals surface area contributed by atoms with Gasteiger partial charge >= 0.3 is 11.9 Å². The molecule has 0 N–H and O–H groups in total. The van der Waals surface area contributed by atoms with Crippen LogP contribution in [-0.4, -0.2) is 37.0 Å². The topological polar surface area (TPSA) is 82.1 Å². The van der Waals surface area contributed by atoms with Gasteiger partial charge in [0.1, 0.15) is 11.5 Å². The zero-order valence-corrected chi connectivity index (χ0v) is 21.1. The summed E-state index contributed by atoms with van der Waals surface area (Å²) < 4.78 is 15.5. The predicted molar refractivity (Wildman–Crippen MR) is 142 cm³/mol. The number of hydrogen-bond donors (Lipinski definition) is 0. The average molecular weight is 510 g/mol. The van der Waals surface area contributed by atoms with Gasteiger partial charge in [-0.1, -0.05) is 60.7 Å². The van der Waals surface area contributed by atoms with Gasteiger partial charge < -0.3 is 19.1 Å². The number of para-hydroxylation sites is 1. The highest BCUT2D eigenvalue weighted by atomic mass is 16.5. The smallest absolute Gasteiger partial charge is 0.338 e. The van der Waals surface area contributed by atoms with E-state index in [1.54, 1.807) is 4.90 Å². The van der Waals surface area contributed by atoms with Crippen molar-refractivity contribution in [3.05, 3.63) is 131 Å². The highest BCUT2D eigenvalue weighted by molar-refractivity contribution is 6.07. The Hall–Kier alpha value is -4.91. The van der Waals surface area contributed by atoms with Gasteiger partial charge in [-0.15, -0.1) is 0 Å². The number of nitrogens with zero attached hydrogens (tertiary/aromatic N) is 1. The van der Waals surface area contributed by atoms with E-state index in [-0.39, 0.29) is 29.1 Å². The maximum absolute atomic E-state index is 13.8. The summed E-state index contributed by atoms with van der Waals surface area (Å²) >= 11 is 0. The third kappa shape index (κ3) is 6.44. The first kappa shape index (κ1) is 26.2. The van der Waals surface area contributed by atoms with E-state index in [9.17, 15) is 14.4 Å². The van der Waals surface area contributed by atoms with Gasteiger partial charge in [0.05, 0.1) is 30.9 Å². The first-order chi connectivity index (χ1) is 18.5. The molecule has 0 saturated carbocycles. The average Bonchev–Trinajstić information content (AvgIpc) is 2.97. The molecule has 0 radical (unpaired) electrons. The fourth-order valence-corrected chi connectivity index (χ4v) is 3.94. The zero-order valence-electron chi connectivity index (χ0n) is 21.1. The number of rotatable bonds is 9. The van der Waals surface area contributed by atoms with Gasteiger partial charge in [-0.25, -0.2) is 9.59 Å². The van der Waals surface area contributed by atoms with Crippen LogP contribution in [0.25, 0.3) is 0 Å². The van der Waals surface area contributed by atoms with Gasteiger partial charge in [0.15, 0.2) is 0 Å². The summed E-state index contributed by atoms with van der Waals surface area (Å²) in [5, 5.41) is 0. The van der Waals surface area contributed by atoms with E-state index in [0.29, 0.717) is 12.3 Å². The molecule has 0 saturated heterocycles. The molecule has 4 rings (SSSR count). The van der Waals surface area contributed by atoms with Gasteiger partial charge in [0.2, 0.25) is 0 Å². The number of carbonyl (C=O) groups is 3. The summed E-state index contributed by atoms with van der Waals surface area (Å²) in [6, 6.07) is 30.7. The van der Waals surface area contributed by atoms with Gasteiger partial charge in [0, 0.05) is 13.1 Å². The fraction of sp³-hybridized carbons (Fsp3) is 0.129. The van der Waals surface area contributed by atoms with Crippen LogP contribution in [0.3, 0.4) is 0 Å². The number of esters is 2. The van der Waals surface area contributed by atoms with Gasteiger partial charge in [0.25, 0.3) is 5.91 Å². The lowest BCUT2D eigenvalue weighted by atomic mass is 10.0. The lowest BCUT2D eigenvalue weighted by Crippen LogP contribution is -2.31. The minimum absolute atomic E-state index is 0.00919. The van der Waals surface area contributed by atoms with E-state index in [4.69, 9.17) is 14.2 Å². The van der Waals surface area contributed by atoms with E-state index in [0.717, 1.165) is 16.9 Å². The number of amides is 1. The van der Waals surface area contributed by atoms with E-state index in [1.165, 1.54) is 32.4 Å². The summed E-state index contributed by atoms with van der Waals surface area (Å²) in [4.78, 5) is 40.1. The molecule has 4 aromatic carbocycles. The number of benzene rings is 4. The quantitative estimate of drug-likeness (QED) is 0.262. The summed E-state index contributed by atoms with van der Waals surface area (Å²) in [7, 11) is 2.47. The van der Waals surface area contributed by atoms with Crippen LogP contribution in [-0.2, 0) is 22.6 Å². The van der Waals surface area contributed by atoms with Crippen molar-refractivity contribution in [2.45, 2.75) is 13.1 Å². The van der Waals surface area contributed by atoms with Gasteiger partial charge in [-0.2, -0.15) is 0 Å². The molecule has 0 fully saturated rings. The third-order valence-electron chi connectivity index (χ3n) is 5.86. The Morgan fingerprint density at radius 1 is 0.605 bits per heavy atom. The molecule has 4 aromatic rings. The van der Waals surface area contributed by atoms with Gasteiger partial charge in [-0.05, 0) is 53.6 Å². The first-order valence-corrected chi connectivity index (χ1v) is 11.9. The van der Waals surface area contributed by atoms with Crippen LogP contribution >= 0.6 is 0 Å². The molecule has 0 heterocycles. The number of hydrogen-bond acceptors (Lipinski definition) is 6. The molecule has 0 aromatic heterocycles. The molecule has 0 spiro atoms.